The van der Waals surface area contributed by atoms with E-state index in [-0.39, 0.29) is 11.3 Å². The summed E-state index contributed by atoms with van der Waals surface area (Å²) in [6.45, 7) is 0. The number of nitrogens with zero attached hydrogens (tertiary/aromatic N) is 1. The van der Waals surface area contributed by atoms with Crippen molar-refractivity contribution in [2.75, 3.05) is 0 Å². The number of rotatable bonds is 4. The number of hydrogen-bond acceptors (Lipinski definition) is 2. The van der Waals surface area contributed by atoms with Gasteiger partial charge in [-0.15, -0.1) is 0 Å². The summed E-state index contributed by atoms with van der Waals surface area (Å²) in [6, 6.07) is 16.2. The van der Waals surface area contributed by atoms with Crippen LogP contribution in [-0.2, 0) is 16.8 Å². The lowest BCUT2D eigenvalue weighted by Crippen LogP contribution is -1.97. The molecule has 2 aromatic carbocycles. The lowest BCUT2D eigenvalue weighted by molar-refractivity contribution is 0.559. The predicted molar refractivity (Wildman–Crippen MR) is 97.2 cm³/mol. The van der Waals surface area contributed by atoms with Crippen LogP contribution in [0.3, 0.4) is 0 Å². The van der Waals surface area contributed by atoms with Crippen molar-refractivity contribution >= 4 is 27.0 Å². The van der Waals surface area contributed by atoms with E-state index in [1.165, 1.54) is 12.1 Å². The molecular formula is C18H13BrFNO2S. The van der Waals surface area contributed by atoms with Crippen LogP contribution >= 0.6 is 15.9 Å². The number of halogens is 2. The molecule has 0 saturated heterocycles. The third-order valence-electron chi connectivity index (χ3n) is 3.57. The van der Waals surface area contributed by atoms with Crippen molar-refractivity contribution in [3.8, 4) is 22.4 Å². The zero-order valence-electron chi connectivity index (χ0n) is 12.4. The zero-order chi connectivity index (χ0) is 17.1. The van der Waals surface area contributed by atoms with Gasteiger partial charge in [0.2, 0.25) is 0 Å². The second-order valence-electron chi connectivity index (χ2n) is 5.18. The van der Waals surface area contributed by atoms with Crippen LogP contribution in [0.25, 0.3) is 22.4 Å². The summed E-state index contributed by atoms with van der Waals surface area (Å²) in [5, 5.41) is 0. The summed E-state index contributed by atoms with van der Waals surface area (Å²) in [5.41, 5.74) is 3.36. The second-order valence-corrected chi connectivity index (χ2v) is 7.03. The number of hydrogen-bond donors (Lipinski definition) is 1. The number of aromatic nitrogens is 1. The fourth-order valence-corrected chi connectivity index (χ4v) is 3.21. The van der Waals surface area contributed by atoms with Crippen LogP contribution in [0.5, 0.6) is 0 Å². The zero-order valence-corrected chi connectivity index (χ0v) is 14.8. The first-order valence-corrected chi connectivity index (χ1v) is 9.18. The first-order valence-electron chi connectivity index (χ1n) is 7.12. The number of benzene rings is 2. The fraction of sp³-hybridized carbons (Fsp3) is 0.0556. The fourth-order valence-electron chi connectivity index (χ4n) is 2.44. The summed E-state index contributed by atoms with van der Waals surface area (Å²) in [6.07, 6.45) is 1.66. The predicted octanol–water partition coefficient (Wildman–Crippen LogP) is 5.04. The van der Waals surface area contributed by atoms with Gasteiger partial charge in [-0.3, -0.25) is 4.98 Å². The first-order chi connectivity index (χ1) is 11.5. The lowest BCUT2D eigenvalue weighted by atomic mass is 9.99. The van der Waals surface area contributed by atoms with Gasteiger partial charge in [0.15, 0.2) is 11.1 Å². The van der Waals surface area contributed by atoms with Gasteiger partial charge in [-0.05, 0) is 29.8 Å². The SMILES string of the molecule is O=S(O)Cc1ccc(-c2ncccc2-c2ccc(Br)cc2)cc1F. The molecule has 1 unspecified atom stereocenters. The normalized spacial score (nSPS) is 12.1. The van der Waals surface area contributed by atoms with E-state index in [0.717, 1.165) is 15.6 Å². The van der Waals surface area contributed by atoms with E-state index in [4.69, 9.17) is 4.55 Å². The molecule has 0 amide bonds. The van der Waals surface area contributed by atoms with Crippen LogP contribution < -0.4 is 0 Å². The van der Waals surface area contributed by atoms with Gasteiger partial charge in [-0.25, -0.2) is 8.60 Å². The lowest BCUT2D eigenvalue weighted by Gasteiger charge is -2.10. The van der Waals surface area contributed by atoms with Crippen molar-refractivity contribution in [2.24, 2.45) is 0 Å². The van der Waals surface area contributed by atoms with E-state index in [1.807, 2.05) is 36.4 Å². The largest absolute Gasteiger partial charge is 0.306 e. The van der Waals surface area contributed by atoms with Gasteiger partial charge in [-0.2, -0.15) is 0 Å². The summed E-state index contributed by atoms with van der Waals surface area (Å²) in [5.74, 6) is -0.740. The minimum absolute atomic E-state index is 0.209. The van der Waals surface area contributed by atoms with E-state index in [9.17, 15) is 8.60 Å². The summed E-state index contributed by atoms with van der Waals surface area (Å²) < 4.78 is 35.0. The molecular weight excluding hydrogens is 393 g/mol. The number of pyridine rings is 1. The summed E-state index contributed by atoms with van der Waals surface area (Å²) >= 11 is 1.33. The quantitative estimate of drug-likeness (QED) is 0.618. The van der Waals surface area contributed by atoms with E-state index >= 15 is 0 Å². The monoisotopic (exact) mass is 405 g/mol. The summed E-state index contributed by atoms with van der Waals surface area (Å²) in [7, 11) is 0. The molecule has 0 bridgehead atoms. The highest BCUT2D eigenvalue weighted by Crippen LogP contribution is 2.31. The van der Waals surface area contributed by atoms with Gasteiger partial charge in [0.1, 0.15) is 5.82 Å². The minimum Gasteiger partial charge on any atom is -0.306 e. The molecule has 1 aromatic heterocycles. The molecule has 24 heavy (non-hydrogen) atoms. The minimum atomic E-state index is -2.07. The average Bonchev–Trinajstić information content (AvgIpc) is 2.57. The topological polar surface area (TPSA) is 50.2 Å². The van der Waals surface area contributed by atoms with Crippen molar-refractivity contribution in [1.82, 2.24) is 4.98 Å². The molecule has 6 heteroatoms. The molecule has 1 N–H and O–H groups in total. The maximum absolute atomic E-state index is 14.2. The van der Waals surface area contributed by atoms with Crippen molar-refractivity contribution in [3.63, 3.8) is 0 Å². The Morgan fingerprint density at radius 1 is 1.08 bits per heavy atom. The third-order valence-corrected chi connectivity index (χ3v) is 4.66. The van der Waals surface area contributed by atoms with Gasteiger partial charge >= 0.3 is 0 Å². The van der Waals surface area contributed by atoms with Gasteiger partial charge < -0.3 is 4.55 Å². The van der Waals surface area contributed by atoms with Crippen LogP contribution in [0.1, 0.15) is 5.56 Å². The Bertz CT molecular complexity index is 900. The van der Waals surface area contributed by atoms with E-state index in [0.29, 0.717) is 11.3 Å². The van der Waals surface area contributed by atoms with E-state index in [2.05, 4.69) is 20.9 Å². The van der Waals surface area contributed by atoms with Crippen LogP contribution in [0.2, 0.25) is 0 Å². The molecule has 0 radical (unpaired) electrons. The highest BCUT2D eigenvalue weighted by Gasteiger charge is 2.12. The Morgan fingerprint density at radius 3 is 2.46 bits per heavy atom. The Hall–Kier alpha value is -1.89. The molecule has 122 valence electrons. The Kier molecular flexibility index (Phi) is 5.18. The highest BCUT2D eigenvalue weighted by atomic mass is 79.9. The van der Waals surface area contributed by atoms with E-state index < -0.39 is 16.9 Å². The van der Waals surface area contributed by atoms with Crippen molar-refractivity contribution in [3.05, 3.63) is 76.6 Å². The van der Waals surface area contributed by atoms with Gasteiger partial charge in [0.05, 0.1) is 11.4 Å². The maximum atomic E-state index is 14.2. The van der Waals surface area contributed by atoms with Crippen LogP contribution in [0.4, 0.5) is 4.39 Å². The Labute approximate surface area is 150 Å². The molecule has 3 rings (SSSR count). The van der Waals surface area contributed by atoms with Crippen molar-refractivity contribution in [2.45, 2.75) is 5.75 Å². The van der Waals surface area contributed by atoms with Crippen molar-refractivity contribution in [1.29, 1.82) is 0 Å². The molecule has 0 saturated carbocycles. The second kappa shape index (κ2) is 7.34. The highest BCUT2D eigenvalue weighted by molar-refractivity contribution is 9.10. The molecule has 1 atom stereocenters. The molecule has 0 spiro atoms. The summed E-state index contributed by atoms with van der Waals surface area (Å²) in [4.78, 5) is 4.39. The van der Waals surface area contributed by atoms with Gasteiger partial charge in [0.25, 0.3) is 0 Å². The first kappa shape index (κ1) is 17.0. The molecule has 0 aliphatic rings. The van der Waals surface area contributed by atoms with Crippen molar-refractivity contribution < 1.29 is 13.2 Å². The van der Waals surface area contributed by atoms with Crippen LogP contribution in [-0.4, -0.2) is 13.7 Å². The van der Waals surface area contributed by atoms with Crippen LogP contribution in [0.15, 0.2) is 65.3 Å². The molecule has 3 aromatic rings. The Morgan fingerprint density at radius 2 is 1.79 bits per heavy atom. The standard InChI is InChI=1S/C18H13BrFNO2S/c19-15-7-5-12(6-8-15)16-2-1-9-21-18(16)13-3-4-14(11-24(22)23)17(20)10-13/h1-10H,11H2,(H,22,23). The molecule has 0 aliphatic carbocycles. The van der Waals surface area contributed by atoms with Crippen LogP contribution in [0, 0.1) is 5.82 Å². The third kappa shape index (κ3) is 3.77. The average molecular weight is 406 g/mol. The Balaban J connectivity index is 2.06. The smallest absolute Gasteiger partial charge is 0.157 e. The van der Waals surface area contributed by atoms with E-state index in [1.54, 1.807) is 12.3 Å². The molecule has 0 fully saturated rings. The molecule has 1 heterocycles. The van der Waals surface area contributed by atoms with Gasteiger partial charge in [0, 0.05) is 27.4 Å². The molecule has 3 nitrogen and oxygen atoms in total. The maximum Gasteiger partial charge on any atom is 0.157 e. The molecule has 0 aliphatic heterocycles. The van der Waals surface area contributed by atoms with Gasteiger partial charge in [-0.1, -0.05) is 46.3 Å².